The summed E-state index contributed by atoms with van der Waals surface area (Å²) >= 11 is 0. The fourth-order valence-electron chi connectivity index (χ4n) is 2.19. The van der Waals surface area contributed by atoms with Gasteiger partial charge in [-0.15, -0.1) is 0 Å². The van der Waals surface area contributed by atoms with Gasteiger partial charge in [0.2, 0.25) is 0 Å². The minimum absolute atomic E-state index is 0.347. The van der Waals surface area contributed by atoms with Gasteiger partial charge in [0.15, 0.2) is 0 Å². The summed E-state index contributed by atoms with van der Waals surface area (Å²) in [6.07, 6.45) is 7.56. The van der Waals surface area contributed by atoms with Crippen LogP contribution in [0.25, 0.3) is 0 Å². The van der Waals surface area contributed by atoms with Crippen molar-refractivity contribution in [1.82, 2.24) is 0 Å². The summed E-state index contributed by atoms with van der Waals surface area (Å²) in [7, 11) is 0. The first-order valence-electron chi connectivity index (χ1n) is 4.50. The summed E-state index contributed by atoms with van der Waals surface area (Å²) in [6.45, 7) is 4.48. The van der Waals surface area contributed by atoms with Crippen LogP contribution >= 0.6 is 0 Å². The number of rotatable bonds is 1. The fourth-order valence-corrected chi connectivity index (χ4v) is 2.19. The molecule has 1 heteroatoms. The zero-order chi connectivity index (χ0) is 8.77. The Bertz CT molecular complexity index is 303. The number of hydrogen-bond donors (Lipinski definition) is 0. The van der Waals surface area contributed by atoms with Gasteiger partial charge >= 0.3 is 0 Å². The number of nitriles is 1. The minimum atomic E-state index is 0.347. The first-order chi connectivity index (χ1) is 5.69. The number of allylic oxidation sites excluding steroid dienone is 4. The van der Waals surface area contributed by atoms with Crippen molar-refractivity contribution in [2.45, 2.75) is 20.3 Å². The highest BCUT2D eigenvalue weighted by atomic mass is 14.6. The smallest absolute Gasteiger partial charge is 0.0988 e. The van der Waals surface area contributed by atoms with Crippen molar-refractivity contribution in [3.05, 3.63) is 23.8 Å². The van der Waals surface area contributed by atoms with E-state index in [4.69, 9.17) is 5.26 Å². The standard InChI is InChI=1S/C11H13N/c1-8(2)11-5-9(7-12)3-4-10(11)6-11/h3-5,8,10H,6H2,1-2H3. The van der Waals surface area contributed by atoms with Gasteiger partial charge in [0.25, 0.3) is 0 Å². The molecule has 0 aromatic carbocycles. The second kappa shape index (κ2) is 2.23. The molecule has 0 aromatic rings. The Morgan fingerprint density at radius 1 is 1.67 bits per heavy atom. The minimum Gasteiger partial charge on any atom is -0.192 e. The Balaban J connectivity index is 2.31. The van der Waals surface area contributed by atoms with Crippen LogP contribution in [0, 0.1) is 28.6 Å². The highest BCUT2D eigenvalue weighted by Crippen LogP contribution is 2.61. The molecule has 0 aliphatic heterocycles. The first kappa shape index (κ1) is 7.61. The molecule has 0 amide bonds. The molecule has 2 unspecified atom stereocenters. The summed E-state index contributed by atoms with van der Waals surface area (Å²) in [5.74, 6) is 1.38. The lowest BCUT2D eigenvalue weighted by Crippen LogP contribution is -2.11. The summed E-state index contributed by atoms with van der Waals surface area (Å²) in [5.41, 5.74) is 1.19. The van der Waals surface area contributed by atoms with Crippen molar-refractivity contribution in [2.75, 3.05) is 0 Å². The van der Waals surface area contributed by atoms with E-state index in [2.05, 4.69) is 32.1 Å². The topological polar surface area (TPSA) is 23.8 Å². The third-order valence-electron chi connectivity index (χ3n) is 3.24. The predicted molar refractivity (Wildman–Crippen MR) is 48.2 cm³/mol. The van der Waals surface area contributed by atoms with E-state index in [9.17, 15) is 0 Å². The van der Waals surface area contributed by atoms with Crippen molar-refractivity contribution >= 4 is 0 Å². The van der Waals surface area contributed by atoms with Crippen LogP contribution in [-0.4, -0.2) is 0 Å². The average Bonchev–Trinajstić information content (AvgIpc) is 2.78. The molecule has 12 heavy (non-hydrogen) atoms. The monoisotopic (exact) mass is 159 g/mol. The molecule has 1 nitrogen and oxygen atoms in total. The molecule has 0 heterocycles. The van der Waals surface area contributed by atoms with Gasteiger partial charge in [-0.25, -0.2) is 0 Å². The Morgan fingerprint density at radius 3 is 3.00 bits per heavy atom. The molecule has 0 N–H and O–H groups in total. The highest BCUT2D eigenvalue weighted by molar-refractivity contribution is 5.43. The van der Waals surface area contributed by atoms with Crippen LogP contribution in [0.5, 0.6) is 0 Å². The first-order valence-corrected chi connectivity index (χ1v) is 4.50. The second-order valence-electron chi connectivity index (χ2n) is 4.15. The van der Waals surface area contributed by atoms with E-state index in [1.54, 1.807) is 0 Å². The largest absolute Gasteiger partial charge is 0.192 e. The van der Waals surface area contributed by atoms with E-state index in [0.29, 0.717) is 11.3 Å². The van der Waals surface area contributed by atoms with E-state index in [1.165, 1.54) is 6.42 Å². The number of hydrogen-bond acceptors (Lipinski definition) is 1. The predicted octanol–water partition coefficient (Wildman–Crippen LogP) is 2.67. The summed E-state index contributed by atoms with van der Waals surface area (Å²) in [4.78, 5) is 0. The van der Waals surface area contributed by atoms with E-state index in [-0.39, 0.29) is 0 Å². The van der Waals surface area contributed by atoms with Gasteiger partial charge in [0.1, 0.15) is 0 Å². The Hall–Kier alpha value is -1.03. The maximum Gasteiger partial charge on any atom is 0.0988 e. The third-order valence-corrected chi connectivity index (χ3v) is 3.24. The van der Waals surface area contributed by atoms with Crippen LogP contribution in [0.3, 0.4) is 0 Å². The van der Waals surface area contributed by atoms with Gasteiger partial charge in [0.05, 0.1) is 6.07 Å². The second-order valence-corrected chi connectivity index (χ2v) is 4.15. The van der Waals surface area contributed by atoms with Crippen molar-refractivity contribution in [3.63, 3.8) is 0 Å². The zero-order valence-corrected chi connectivity index (χ0v) is 7.54. The number of nitrogens with zero attached hydrogens (tertiary/aromatic N) is 1. The van der Waals surface area contributed by atoms with Crippen LogP contribution < -0.4 is 0 Å². The molecule has 0 radical (unpaired) electrons. The molecule has 0 saturated heterocycles. The van der Waals surface area contributed by atoms with Crippen molar-refractivity contribution in [1.29, 1.82) is 5.26 Å². The number of fused-ring (bicyclic) bond motifs is 1. The van der Waals surface area contributed by atoms with Gasteiger partial charge in [-0.05, 0) is 29.7 Å². The Kier molecular flexibility index (Phi) is 1.41. The van der Waals surface area contributed by atoms with Crippen LogP contribution in [-0.2, 0) is 0 Å². The van der Waals surface area contributed by atoms with E-state index in [1.807, 2.05) is 6.08 Å². The molecule has 0 bridgehead atoms. The van der Waals surface area contributed by atoms with Crippen molar-refractivity contribution < 1.29 is 0 Å². The van der Waals surface area contributed by atoms with E-state index >= 15 is 0 Å². The molecule has 2 aliphatic rings. The molecular weight excluding hydrogens is 146 g/mol. The summed E-state index contributed by atoms with van der Waals surface area (Å²) < 4.78 is 0. The van der Waals surface area contributed by atoms with Gasteiger partial charge in [-0.2, -0.15) is 5.26 Å². The molecule has 62 valence electrons. The highest BCUT2D eigenvalue weighted by Gasteiger charge is 2.54. The van der Waals surface area contributed by atoms with Crippen LogP contribution in [0.2, 0.25) is 0 Å². The Labute approximate surface area is 73.4 Å². The summed E-state index contributed by atoms with van der Waals surface area (Å²) in [5, 5.41) is 8.75. The van der Waals surface area contributed by atoms with Gasteiger partial charge in [0, 0.05) is 5.57 Å². The van der Waals surface area contributed by atoms with Crippen LogP contribution in [0.15, 0.2) is 23.8 Å². The maximum absolute atomic E-state index is 8.75. The SMILES string of the molecule is CC(C)C12C=C(C#N)C=CC1C2. The molecule has 1 saturated carbocycles. The molecule has 0 aromatic heterocycles. The molecule has 1 fully saturated rings. The Morgan fingerprint density at radius 2 is 2.42 bits per heavy atom. The lowest BCUT2D eigenvalue weighted by atomic mass is 9.85. The lowest BCUT2D eigenvalue weighted by Gasteiger charge is -2.18. The normalized spacial score (nSPS) is 37.2. The quantitative estimate of drug-likeness (QED) is 0.577. The molecular formula is C11H13N. The molecule has 2 atom stereocenters. The van der Waals surface area contributed by atoms with E-state index in [0.717, 1.165) is 11.5 Å². The van der Waals surface area contributed by atoms with E-state index < -0.39 is 0 Å². The molecule has 2 aliphatic carbocycles. The van der Waals surface area contributed by atoms with Crippen molar-refractivity contribution in [3.8, 4) is 6.07 Å². The molecule has 0 spiro atoms. The summed E-state index contributed by atoms with van der Waals surface area (Å²) in [6, 6.07) is 2.21. The fraction of sp³-hybridized carbons (Fsp3) is 0.545. The zero-order valence-electron chi connectivity index (χ0n) is 7.54. The lowest BCUT2D eigenvalue weighted by molar-refractivity contribution is 0.422. The van der Waals surface area contributed by atoms with Gasteiger partial charge in [-0.1, -0.05) is 26.0 Å². The maximum atomic E-state index is 8.75. The van der Waals surface area contributed by atoms with Gasteiger partial charge < -0.3 is 0 Å². The van der Waals surface area contributed by atoms with Crippen LogP contribution in [0.4, 0.5) is 0 Å². The molecule has 2 rings (SSSR count). The van der Waals surface area contributed by atoms with Gasteiger partial charge in [-0.3, -0.25) is 0 Å². The van der Waals surface area contributed by atoms with Crippen LogP contribution in [0.1, 0.15) is 20.3 Å². The average molecular weight is 159 g/mol. The van der Waals surface area contributed by atoms with Crippen molar-refractivity contribution in [2.24, 2.45) is 17.3 Å². The third kappa shape index (κ3) is 0.845.